The zero-order valence-corrected chi connectivity index (χ0v) is 16.3. The Balaban J connectivity index is 2.23. The van der Waals surface area contributed by atoms with Crippen LogP contribution < -0.4 is 9.80 Å². The van der Waals surface area contributed by atoms with Gasteiger partial charge in [-0.25, -0.2) is 0 Å². The SMILES string of the molecule is C=N/C=C(\C(C)=C/C)N1c2ccccc2N(c2c(C)cccc2C)[C@H]1C. The summed E-state index contributed by atoms with van der Waals surface area (Å²) < 4.78 is 0. The van der Waals surface area contributed by atoms with E-state index in [2.05, 4.69) is 105 Å². The van der Waals surface area contributed by atoms with E-state index in [1.54, 1.807) is 0 Å². The second-order valence-corrected chi connectivity index (χ2v) is 6.77. The van der Waals surface area contributed by atoms with Crippen LogP contribution in [0.3, 0.4) is 0 Å². The minimum atomic E-state index is 0.134. The number of para-hydroxylation sites is 3. The van der Waals surface area contributed by atoms with Gasteiger partial charge in [0.1, 0.15) is 6.17 Å². The topological polar surface area (TPSA) is 18.8 Å². The molecular formula is C23H27N3. The van der Waals surface area contributed by atoms with Crippen molar-refractivity contribution in [1.82, 2.24) is 0 Å². The van der Waals surface area contributed by atoms with Gasteiger partial charge in [-0.15, -0.1) is 0 Å². The average molecular weight is 345 g/mol. The second kappa shape index (κ2) is 7.20. The number of hydrogen-bond donors (Lipinski definition) is 0. The highest BCUT2D eigenvalue weighted by Gasteiger charge is 2.36. The first-order chi connectivity index (χ1) is 12.5. The van der Waals surface area contributed by atoms with Gasteiger partial charge >= 0.3 is 0 Å². The second-order valence-electron chi connectivity index (χ2n) is 6.77. The summed E-state index contributed by atoms with van der Waals surface area (Å²) in [5.74, 6) is 0. The molecule has 3 rings (SSSR count). The molecule has 26 heavy (non-hydrogen) atoms. The Kier molecular flexibility index (Phi) is 4.99. The number of allylic oxidation sites excluding steroid dienone is 2. The van der Waals surface area contributed by atoms with Gasteiger partial charge in [0.2, 0.25) is 0 Å². The minimum Gasteiger partial charge on any atom is -0.318 e. The first kappa shape index (κ1) is 18.0. The number of hydrogen-bond acceptors (Lipinski definition) is 3. The third-order valence-corrected chi connectivity index (χ3v) is 5.14. The van der Waals surface area contributed by atoms with Gasteiger partial charge in [0, 0.05) is 5.69 Å². The molecule has 0 spiro atoms. The van der Waals surface area contributed by atoms with E-state index in [1.807, 2.05) is 6.20 Å². The summed E-state index contributed by atoms with van der Waals surface area (Å²) in [5.41, 5.74) is 8.51. The summed E-state index contributed by atoms with van der Waals surface area (Å²) in [6, 6.07) is 15.1. The van der Waals surface area contributed by atoms with Gasteiger partial charge in [0.05, 0.1) is 23.3 Å². The van der Waals surface area contributed by atoms with Crippen molar-refractivity contribution in [2.24, 2.45) is 4.99 Å². The summed E-state index contributed by atoms with van der Waals surface area (Å²) in [7, 11) is 0. The maximum absolute atomic E-state index is 4.08. The Labute approximate surface area is 157 Å². The molecule has 3 nitrogen and oxygen atoms in total. The molecule has 0 fully saturated rings. The highest BCUT2D eigenvalue weighted by Crippen LogP contribution is 2.48. The van der Waals surface area contributed by atoms with Crippen molar-refractivity contribution >= 4 is 23.8 Å². The fourth-order valence-corrected chi connectivity index (χ4v) is 3.80. The van der Waals surface area contributed by atoms with E-state index in [0.29, 0.717) is 0 Å². The van der Waals surface area contributed by atoms with Crippen LogP contribution >= 0.6 is 0 Å². The van der Waals surface area contributed by atoms with E-state index >= 15 is 0 Å². The number of nitrogens with zero attached hydrogens (tertiary/aromatic N) is 3. The van der Waals surface area contributed by atoms with Crippen LogP contribution in [0.25, 0.3) is 0 Å². The lowest BCUT2D eigenvalue weighted by Gasteiger charge is -2.33. The molecule has 0 bridgehead atoms. The van der Waals surface area contributed by atoms with Crippen LogP contribution in [-0.4, -0.2) is 12.9 Å². The number of aryl methyl sites for hydroxylation is 2. The number of rotatable bonds is 4. The van der Waals surface area contributed by atoms with Gasteiger partial charge in [0.25, 0.3) is 0 Å². The van der Waals surface area contributed by atoms with Gasteiger partial charge in [-0.05, 0) is 70.2 Å². The molecule has 3 heteroatoms. The van der Waals surface area contributed by atoms with Crippen molar-refractivity contribution in [1.29, 1.82) is 0 Å². The highest BCUT2D eigenvalue weighted by molar-refractivity contribution is 5.87. The predicted molar refractivity (Wildman–Crippen MR) is 114 cm³/mol. The maximum atomic E-state index is 4.08. The minimum absolute atomic E-state index is 0.134. The first-order valence-corrected chi connectivity index (χ1v) is 9.04. The summed E-state index contributed by atoms with van der Waals surface area (Å²) in [6.45, 7) is 14.5. The predicted octanol–water partition coefficient (Wildman–Crippen LogP) is 6.12. The summed E-state index contributed by atoms with van der Waals surface area (Å²) in [6.07, 6.45) is 4.11. The van der Waals surface area contributed by atoms with Crippen LogP contribution in [0.15, 0.2) is 71.0 Å². The quantitative estimate of drug-likeness (QED) is 0.491. The molecule has 0 saturated carbocycles. The third kappa shape index (κ3) is 2.84. The zero-order valence-electron chi connectivity index (χ0n) is 16.3. The molecule has 0 N–H and O–H groups in total. The summed E-state index contributed by atoms with van der Waals surface area (Å²) in [4.78, 5) is 8.86. The van der Waals surface area contributed by atoms with Gasteiger partial charge < -0.3 is 9.80 Å². The van der Waals surface area contributed by atoms with Crippen molar-refractivity contribution in [3.8, 4) is 0 Å². The molecule has 1 heterocycles. The van der Waals surface area contributed by atoms with E-state index in [9.17, 15) is 0 Å². The van der Waals surface area contributed by atoms with Crippen LogP contribution in [0.1, 0.15) is 31.9 Å². The molecule has 2 aromatic carbocycles. The molecule has 1 atom stereocenters. The first-order valence-electron chi connectivity index (χ1n) is 9.04. The fraction of sp³-hybridized carbons (Fsp3) is 0.261. The summed E-state index contributed by atoms with van der Waals surface area (Å²) in [5, 5.41) is 0. The fourth-order valence-electron chi connectivity index (χ4n) is 3.80. The lowest BCUT2D eigenvalue weighted by atomic mass is 10.1. The zero-order chi connectivity index (χ0) is 18.8. The highest BCUT2D eigenvalue weighted by atomic mass is 15.4. The maximum Gasteiger partial charge on any atom is 0.108 e. The van der Waals surface area contributed by atoms with Gasteiger partial charge in [-0.3, -0.25) is 4.99 Å². The van der Waals surface area contributed by atoms with E-state index in [4.69, 9.17) is 0 Å². The molecule has 0 amide bonds. The number of aliphatic imine (C=N–C) groups is 1. The lowest BCUT2D eigenvalue weighted by molar-refractivity contribution is 0.732. The Bertz CT molecular complexity index is 872. The molecule has 1 aliphatic heterocycles. The van der Waals surface area contributed by atoms with Crippen molar-refractivity contribution in [2.45, 2.75) is 40.8 Å². The monoisotopic (exact) mass is 345 g/mol. The largest absolute Gasteiger partial charge is 0.318 e. The molecule has 0 aliphatic carbocycles. The molecule has 2 aromatic rings. The van der Waals surface area contributed by atoms with Crippen molar-refractivity contribution in [2.75, 3.05) is 9.80 Å². The van der Waals surface area contributed by atoms with Crippen LogP contribution in [0.2, 0.25) is 0 Å². The number of benzene rings is 2. The molecular weight excluding hydrogens is 318 g/mol. The standard InChI is InChI=1S/C23H27N3/c1-7-16(2)22(15-24-6)25-19(5)26(21-14-9-8-13-20(21)25)23-17(3)11-10-12-18(23)4/h7-15,19H,6H2,1-5H3/b16-7-,22-15+/t19-/m0/s1. The van der Waals surface area contributed by atoms with Crippen molar-refractivity contribution in [3.63, 3.8) is 0 Å². The molecule has 0 radical (unpaired) electrons. The Morgan fingerprint density at radius 3 is 2.23 bits per heavy atom. The van der Waals surface area contributed by atoms with Gasteiger partial charge in [-0.1, -0.05) is 36.4 Å². The molecule has 0 unspecified atom stereocenters. The third-order valence-electron chi connectivity index (χ3n) is 5.14. The normalized spacial score (nSPS) is 17.5. The molecule has 0 saturated heterocycles. The number of fused-ring (bicyclic) bond motifs is 1. The lowest BCUT2D eigenvalue weighted by Crippen LogP contribution is -2.38. The van der Waals surface area contributed by atoms with E-state index in [-0.39, 0.29) is 6.17 Å². The Morgan fingerprint density at radius 1 is 1.04 bits per heavy atom. The van der Waals surface area contributed by atoms with Crippen LogP contribution in [-0.2, 0) is 0 Å². The average Bonchev–Trinajstić information content (AvgIpc) is 2.91. The molecule has 134 valence electrons. The molecule has 1 aliphatic rings. The van der Waals surface area contributed by atoms with Crippen LogP contribution in [0, 0.1) is 13.8 Å². The Hall–Kier alpha value is -2.81. The van der Waals surface area contributed by atoms with E-state index in [0.717, 1.165) is 5.70 Å². The van der Waals surface area contributed by atoms with E-state index < -0.39 is 0 Å². The summed E-state index contributed by atoms with van der Waals surface area (Å²) >= 11 is 0. The van der Waals surface area contributed by atoms with Gasteiger partial charge in [-0.2, -0.15) is 0 Å². The van der Waals surface area contributed by atoms with Crippen molar-refractivity contribution < 1.29 is 0 Å². The van der Waals surface area contributed by atoms with Crippen LogP contribution in [0.5, 0.6) is 0 Å². The number of anilines is 3. The smallest absolute Gasteiger partial charge is 0.108 e. The Morgan fingerprint density at radius 2 is 1.65 bits per heavy atom. The van der Waals surface area contributed by atoms with E-state index in [1.165, 1.54) is 33.8 Å². The molecule has 0 aromatic heterocycles. The van der Waals surface area contributed by atoms with Crippen LogP contribution in [0.4, 0.5) is 17.1 Å². The van der Waals surface area contributed by atoms with Gasteiger partial charge in [0.15, 0.2) is 0 Å². The van der Waals surface area contributed by atoms with Crippen molar-refractivity contribution in [3.05, 3.63) is 77.1 Å².